The number of fused-ring (bicyclic) bond motifs is 1. The second-order valence-electron chi connectivity index (χ2n) is 3.16. The first kappa shape index (κ1) is 8.05. The van der Waals surface area contributed by atoms with E-state index in [1.165, 1.54) is 11.1 Å². The van der Waals surface area contributed by atoms with Gasteiger partial charge in [0.25, 0.3) is 0 Å². The van der Waals surface area contributed by atoms with Crippen molar-refractivity contribution in [1.29, 1.82) is 0 Å². The Morgan fingerprint density at radius 1 is 1.23 bits per heavy atom. The van der Waals surface area contributed by atoms with Gasteiger partial charge in [-0.05, 0) is 18.6 Å². The molecule has 1 aromatic carbocycles. The number of benzene rings is 1. The smallest absolute Gasteiger partial charge is 0.0656 e. The zero-order valence-electron chi connectivity index (χ0n) is 7.86. The third-order valence-electron chi connectivity index (χ3n) is 2.13. The van der Waals surface area contributed by atoms with Crippen molar-refractivity contribution in [3.8, 4) is 0 Å². The molecule has 0 amide bonds. The number of hydrazone groups is 1. The SMILES string of the molecule is CC1=NN(C)C=Cc2ccccc21. The Labute approximate surface area is 78.2 Å². The molecule has 2 heteroatoms. The molecule has 1 aliphatic rings. The van der Waals surface area contributed by atoms with Crippen LogP contribution in [0.1, 0.15) is 18.1 Å². The highest BCUT2D eigenvalue weighted by molar-refractivity contribution is 6.02. The standard InChI is InChI=1S/C11H12N2/c1-9-11-6-4-3-5-10(11)7-8-13(2)12-9/h3-8H,1-2H3. The normalized spacial score (nSPS) is 14.9. The zero-order valence-corrected chi connectivity index (χ0v) is 7.86. The zero-order chi connectivity index (χ0) is 9.26. The van der Waals surface area contributed by atoms with Crippen molar-refractivity contribution in [3.05, 3.63) is 41.6 Å². The van der Waals surface area contributed by atoms with Gasteiger partial charge in [0.1, 0.15) is 0 Å². The van der Waals surface area contributed by atoms with E-state index in [0.29, 0.717) is 0 Å². The van der Waals surface area contributed by atoms with Gasteiger partial charge in [0, 0.05) is 18.8 Å². The van der Waals surface area contributed by atoms with E-state index < -0.39 is 0 Å². The lowest BCUT2D eigenvalue weighted by atomic mass is 10.0. The number of hydrogen-bond acceptors (Lipinski definition) is 2. The summed E-state index contributed by atoms with van der Waals surface area (Å²) in [5.74, 6) is 0. The predicted molar refractivity (Wildman–Crippen MR) is 55.5 cm³/mol. The second-order valence-corrected chi connectivity index (χ2v) is 3.16. The molecule has 0 saturated heterocycles. The lowest BCUT2D eigenvalue weighted by Gasteiger charge is -2.05. The van der Waals surface area contributed by atoms with Crippen molar-refractivity contribution >= 4 is 11.8 Å². The summed E-state index contributed by atoms with van der Waals surface area (Å²) in [6.07, 6.45) is 4.05. The first-order valence-corrected chi connectivity index (χ1v) is 4.33. The van der Waals surface area contributed by atoms with Crippen LogP contribution in [0.25, 0.3) is 6.08 Å². The van der Waals surface area contributed by atoms with Gasteiger partial charge in [-0.15, -0.1) is 0 Å². The van der Waals surface area contributed by atoms with Gasteiger partial charge < -0.3 is 0 Å². The Kier molecular flexibility index (Phi) is 1.89. The first-order valence-electron chi connectivity index (χ1n) is 4.33. The van der Waals surface area contributed by atoms with Crippen LogP contribution in [0.2, 0.25) is 0 Å². The molecule has 0 bridgehead atoms. The maximum absolute atomic E-state index is 4.38. The predicted octanol–water partition coefficient (Wildman–Crippen LogP) is 2.33. The number of rotatable bonds is 0. The van der Waals surface area contributed by atoms with E-state index in [2.05, 4.69) is 23.3 Å². The molecule has 1 aromatic rings. The highest BCUT2D eigenvalue weighted by atomic mass is 15.4. The van der Waals surface area contributed by atoms with Crippen LogP contribution >= 0.6 is 0 Å². The Morgan fingerprint density at radius 2 is 2.00 bits per heavy atom. The minimum atomic E-state index is 1.06. The van der Waals surface area contributed by atoms with Crippen LogP contribution in [0.4, 0.5) is 0 Å². The minimum Gasteiger partial charge on any atom is -0.276 e. The van der Waals surface area contributed by atoms with Gasteiger partial charge in [-0.3, -0.25) is 5.01 Å². The molecule has 2 rings (SSSR count). The summed E-state index contributed by atoms with van der Waals surface area (Å²) in [5.41, 5.74) is 3.50. The molecule has 0 N–H and O–H groups in total. The molecule has 0 aliphatic carbocycles. The highest BCUT2D eigenvalue weighted by Gasteiger charge is 2.05. The molecule has 2 nitrogen and oxygen atoms in total. The van der Waals surface area contributed by atoms with Crippen LogP contribution in [-0.2, 0) is 0 Å². The van der Waals surface area contributed by atoms with Gasteiger partial charge in [0.2, 0.25) is 0 Å². The van der Waals surface area contributed by atoms with Crippen LogP contribution in [-0.4, -0.2) is 17.8 Å². The fourth-order valence-corrected chi connectivity index (χ4v) is 1.48. The van der Waals surface area contributed by atoms with Gasteiger partial charge in [-0.1, -0.05) is 24.3 Å². The summed E-state index contributed by atoms with van der Waals surface area (Å²) in [6, 6.07) is 8.28. The van der Waals surface area contributed by atoms with Crippen LogP contribution in [0.5, 0.6) is 0 Å². The van der Waals surface area contributed by atoms with E-state index in [1.807, 2.05) is 37.3 Å². The number of hydrogen-bond donors (Lipinski definition) is 0. The molecule has 1 aliphatic heterocycles. The monoisotopic (exact) mass is 172 g/mol. The van der Waals surface area contributed by atoms with Crippen molar-refractivity contribution in [3.63, 3.8) is 0 Å². The molecule has 66 valence electrons. The summed E-state index contributed by atoms with van der Waals surface area (Å²) in [7, 11) is 1.94. The Morgan fingerprint density at radius 3 is 2.85 bits per heavy atom. The third kappa shape index (κ3) is 1.47. The maximum Gasteiger partial charge on any atom is 0.0656 e. The summed E-state index contributed by atoms with van der Waals surface area (Å²) < 4.78 is 0. The van der Waals surface area contributed by atoms with Crippen LogP contribution < -0.4 is 0 Å². The van der Waals surface area contributed by atoms with E-state index in [1.54, 1.807) is 0 Å². The van der Waals surface area contributed by atoms with E-state index in [0.717, 1.165) is 5.71 Å². The fraction of sp³-hybridized carbons (Fsp3) is 0.182. The van der Waals surface area contributed by atoms with E-state index >= 15 is 0 Å². The average molecular weight is 172 g/mol. The summed E-state index contributed by atoms with van der Waals surface area (Å²) in [4.78, 5) is 0. The second kappa shape index (κ2) is 3.05. The molecular formula is C11H12N2. The molecule has 0 spiro atoms. The van der Waals surface area contributed by atoms with Gasteiger partial charge in [0.05, 0.1) is 5.71 Å². The molecule has 0 unspecified atom stereocenters. The number of nitrogens with zero attached hydrogens (tertiary/aromatic N) is 2. The molecule has 0 radical (unpaired) electrons. The average Bonchev–Trinajstić information content (AvgIpc) is 2.27. The Bertz CT molecular complexity index is 377. The third-order valence-corrected chi connectivity index (χ3v) is 2.13. The van der Waals surface area contributed by atoms with Gasteiger partial charge in [-0.2, -0.15) is 5.10 Å². The van der Waals surface area contributed by atoms with Crippen LogP contribution in [0, 0.1) is 0 Å². The lowest BCUT2D eigenvalue weighted by Crippen LogP contribution is -2.04. The van der Waals surface area contributed by atoms with E-state index in [9.17, 15) is 0 Å². The summed E-state index contributed by atoms with van der Waals surface area (Å²) in [5, 5.41) is 6.21. The van der Waals surface area contributed by atoms with Crippen molar-refractivity contribution in [2.24, 2.45) is 5.10 Å². The van der Waals surface area contributed by atoms with Crippen LogP contribution in [0.15, 0.2) is 35.6 Å². The molecule has 13 heavy (non-hydrogen) atoms. The van der Waals surface area contributed by atoms with Gasteiger partial charge >= 0.3 is 0 Å². The van der Waals surface area contributed by atoms with Crippen molar-refractivity contribution < 1.29 is 0 Å². The minimum absolute atomic E-state index is 1.06. The van der Waals surface area contributed by atoms with Gasteiger partial charge in [0.15, 0.2) is 0 Å². The Balaban J connectivity index is 2.59. The molecule has 0 aromatic heterocycles. The molecule has 0 fully saturated rings. The van der Waals surface area contributed by atoms with E-state index in [-0.39, 0.29) is 0 Å². The topological polar surface area (TPSA) is 15.6 Å². The molecule has 1 heterocycles. The highest BCUT2D eigenvalue weighted by Crippen LogP contribution is 2.15. The van der Waals surface area contributed by atoms with Crippen LogP contribution in [0.3, 0.4) is 0 Å². The van der Waals surface area contributed by atoms with Crippen molar-refractivity contribution in [2.45, 2.75) is 6.92 Å². The Hall–Kier alpha value is -1.57. The fourth-order valence-electron chi connectivity index (χ4n) is 1.48. The maximum atomic E-state index is 4.38. The largest absolute Gasteiger partial charge is 0.276 e. The molecule has 0 atom stereocenters. The first-order chi connectivity index (χ1) is 6.27. The van der Waals surface area contributed by atoms with Gasteiger partial charge in [-0.25, -0.2) is 0 Å². The molecule has 0 saturated carbocycles. The van der Waals surface area contributed by atoms with Crippen molar-refractivity contribution in [2.75, 3.05) is 7.05 Å². The van der Waals surface area contributed by atoms with Crippen molar-refractivity contribution in [1.82, 2.24) is 5.01 Å². The van der Waals surface area contributed by atoms with E-state index in [4.69, 9.17) is 0 Å². The quantitative estimate of drug-likeness (QED) is 0.586. The lowest BCUT2D eigenvalue weighted by molar-refractivity contribution is 0.494. The summed E-state index contributed by atoms with van der Waals surface area (Å²) >= 11 is 0. The summed E-state index contributed by atoms with van der Waals surface area (Å²) in [6.45, 7) is 2.03. The molecular weight excluding hydrogens is 160 g/mol.